The number of rotatable bonds is 5. The van der Waals surface area contributed by atoms with Gasteiger partial charge in [0.15, 0.2) is 0 Å². The minimum atomic E-state index is 0.506. The molecule has 0 aliphatic carbocycles. The van der Waals surface area contributed by atoms with Crippen molar-refractivity contribution < 1.29 is 0 Å². The van der Waals surface area contributed by atoms with Gasteiger partial charge in [-0.3, -0.25) is 4.98 Å². The van der Waals surface area contributed by atoms with E-state index in [4.69, 9.17) is 5.73 Å². The zero-order valence-electron chi connectivity index (χ0n) is 9.90. The van der Waals surface area contributed by atoms with E-state index in [1.807, 2.05) is 6.20 Å². The molecule has 1 aromatic heterocycles. The first-order chi connectivity index (χ1) is 7.22. The molecule has 1 unspecified atom stereocenters. The van der Waals surface area contributed by atoms with E-state index in [1.54, 1.807) is 0 Å². The predicted octanol–water partition coefficient (Wildman–Crippen LogP) is 2.17. The number of pyridine rings is 1. The Balaban J connectivity index is 2.91. The van der Waals surface area contributed by atoms with E-state index in [-0.39, 0.29) is 0 Å². The van der Waals surface area contributed by atoms with Crippen molar-refractivity contribution in [3.05, 3.63) is 24.0 Å². The fraction of sp³-hybridized carbons (Fsp3) is 0.583. The van der Waals surface area contributed by atoms with Crippen molar-refractivity contribution in [2.75, 3.05) is 11.4 Å². The van der Waals surface area contributed by atoms with Gasteiger partial charge in [-0.15, -0.1) is 0 Å². The molecule has 1 atom stereocenters. The summed E-state index contributed by atoms with van der Waals surface area (Å²) in [5.74, 6) is 0. The molecule has 1 heterocycles. The molecule has 0 saturated carbocycles. The van der Waals surface area contributed by atoms with E-state index in [1.165, 1.54) is 5.69 Å². The summed E-state index contributed by atoms with van der Waals surface area (Å²) in [6.07, 6.45) is 2.98. The van der Waals surface area contributed by atoms with E-state index in [2.05, 4.69) is 42.8 Å². The summed E-state index contributed by atoms with van der Waals surface area (Å²) in [6, 6.07) is 4.69. The summed E-state index contributed by atoms with van der Waals surface area (Å²) in [4.78, 5) is 6.58. The quantitative estimate of drug-likeness (QED) is 0.804. The molecule has 0 aromatic carbocycles. The number of nitrogens with two attached hydrogens (primary N) is 1. The molecule has 0 bridgehead atoms. The molecular formula is C12H21N3. The Morgan fingerprint density at radius 1 is 1.47 bits per heavy atom. The Bertz CT molecular complexity index is 299. The Labute approximate surface area is 92.3 Å². The first-order valence-electron chi connectivity index (χ1n) is 5.64. The van der Waals surface area contributed by atoms with Gasteiger partial charge in [-0.1, -0.05) is 6.92 Å². The Kier molecular flexibility index (Phi) is 4.56. The second kappa shape index (κ2) is 5.71. The SMILES string of the molecule is CCC(C)N(CC)c1ccnc(CN)c1. The fourth-order valence-electron chi connectivity index (χ4n) is 1.72. The molecule has 1 aromatic rings. The van der Waals surface area contributed by atoms with Crippen LogP contribution >= 0.6 is 0 Å². The lowest BCUT2D eigenvalue weighted by molar-refractivity contribution is 0.629. The van der Waals surface area contributed by atoms with Gasteiger partial charge in [-0.05, 0) is 32.4 Å². The minimum absolute atomic E-state index is 0.506. The molecular weight excluding hydrogens is 186 g/mol. The Morgan fingerprint density at radius 2 is 2.20 bits per heavy atom. The normalized spacial score (nSPS) is 12.5. The summed E-state index contributed by atoms with van der Waals surface area (Å²) < 4.78 is 0. The highest BCUT2D eigenvalue weighted by Crippen LogP contribution is 2.18. The Hall–Kier alpha value is -1.09. The van der Waals surface area contributed by atoms with Crippen LogP contribution in [-0.2, 0) is 6.54 Å². The number of hydrogen-bond donors (Lipinski definition) is 1. The average Bonchev–Trinajstić information content (AvgIpc) is 2.30. The van der Waals surface area contributed by atoms with Gasteiger partial charge < -0.3 is 10.6 Å². The molecule has 3 heteroatoms. The van der Waals surface area contributed by atoms with Crippen molar-refractivity contribution >= 4 is 5.69 Å². The minimum Gasteiger partial charge on any atom is -0.369 e. The summed E-state index contributed by atoms with van der Waals surface area (Å²) in [7, 11) is 0. The van der Waals surface area contributed by atoms with Crippen LogP contribution in [0.25, 0.3) is 0 Å². The van der Waals surface area contributed by atoms with Gasteiger partial charge in [-0.2, -0.15) is 0 Å². The van der Waals surface area contributed by atoms with Gasteiger partial charge in [0.2, 0.25) is 0 Å². The van der Waals surface area contributed by atoms with Crippen LogP contribution in [0, 0.1) is 0 Å². The van der Waals surface area contributed by atoms with E-state index < -0.39 is 0 Å². The maximum absolute atomic E-state index is 5.59. The summed E-state index contributed by atoms with van der Waals surface area (Å²) in [6.45, 7) is 8.15. The van der Waals surface area contributed by atoms with Gasteiger partial charge in [0.25, 0.3) is 0 Å². The standard InChI is InChI=1S/C12H21N3/c1-4-10(3)15(5-2)12-6-7-14-11(8-12)9-13/h6-8,10H,4-5,9,13H2,1-3H3. The Morgan fingerprint density at radius 3 is 2.73 bits per heavy atom. The molecule has 0 saturated heterocycles. The van der Waals surface area contributed by atoms with E-state index in [9.17, 15) is 0 Å². The van der Waals surface area contributed by atoms with Crippen molar-refractivity contribution in [1.82, 2.24) is 4.98 Å². The molecule has 0 fully saturated rings. The van der Waals surface area contributed by atoms with Crippen LogP contribution in [-0.4, -0.2) is 17.6 Å². The van der Waals surface area contributed by atoms with Crippen LogP contribution in [0.3, 0.4) is 0 Å². The second-order valence-electron chi connectivity index (χ2n) is 3.75. The highest BCUT2D eigenvalue weighted by atomic mass is 15.1. The summed E-state index contributed by atoms with van der Waals surface area (Å²) >= 11 is 0. The third-order valence-corrected chi connectivity index (χ3v) is 2.80. The average molecular weight is 207 g/mol. The highest BCUT2D eigenvalue weighted by Gasteiger charge is 2.10. The van der Waals surface area contributed by atoms with E-state index >= 15 is 0 Å². The lowest BCUT2D eigenvalue weighted by atomic mass is 10.2. The summed E-state index contributed by atoms with van der Waals surface area (Å²) in [5.41, 5.74) is 7.77. The third kappa shape index (κ3) is 2.93. The van der Waals surface area contributed by atoms with Crippen LogP contribution < -0.4 is 10.6 Å². The van der Waals surface area contributed by atoms with Gasteiger partial charge in [-0.25, -0.2) is 0 Å². The van der Waals surface area contributed by atoms with Crippen molar-refractivity contribution in [2.24, 2.45) is 5.73 Å². The number of hydrogen-bond acceptors (Lipinski definition) is 3. The van der Waals surface area contributed by atoms with Crippen molar-refractivity contribution in [1.29, 1.82) is 0 Å². The monoisotopic (exact) mass is 207 g/mol. The van der Waals surface area contributed by atoms with Crippen LogP contribution in [0.15, 0.2) is 18.3 Å². The first kappa shape index (κ1) is 12.0. The van der Waals surface area contributed by atoms with E-state index in [0.29, 0.717) is 12.6 Å². The maximum atomic E-state index is 5.59. The van der Waals surface area contributed by atoms with Gasteiger partial charge in [0.05, 0.1) is 5.69 Å². The van der Waals surface area contributed by atoms with Crippen LogP contribution in [0.5, 0.6) is 0 Å². The molecule has 0 aliphatic rings. The van der Waals surface area contributed by atoms with Gasteiger partial charge in [0.1, 0.15) is 0 Å². The molecule has 1 rings (SSSR count). The third-order valence-electron chi connectivity index (χ3n) is 2.80. The lowest BCUT2D eigenvalue weighted by Gasteiger charge is -2.29. The zero-order chi connectivity index (χ0) is 11.3. The van der Waals surface area contributed by atoms with Crippen LogP contribution in [0.2, 0.25) is 0 Å². The molecule has 0 radical (unpaired) electrons. The fourth-order valence-corrected chi connectivity index (χ4v) is 1.72. The molecule has 2 N–H and O–H groups in total. The molecule has 0 amide bonds. The number of aromatic nitrogens is 1. The smallest absolute Gasteiger partial charge is 0.0560 e. The second-order valence-corrected chi connectivity index (χ2v) is 3.75. The summed E-state index contributed by atoms with van der Waals surface area (Å²) in [5, 5.41) is 0. The van der Waals surface area contributed by atoms with Crippen LogP contribution in [0.4, 0.5) is 5.69 Å². The van der Waals surface area contributed by atoms with Crippen molar-refractivity contribution in [3.8, 4) is 0 Å². The predicted molar refractivity (Wildman–Crippen MR) is 64.9 cm³/mol. The number of nitrogens with zero attached hydrogens (tertiary/aromatic N) is 2. The van der Waals surface area contributed by atoms with Crippen molar-refractivity contribution in [2.45, 2.75) is 39.8 Å². The largest absolute Gasteiger partial charge is 0.369 e. The maximum Gasteiger partial charge on any atom is 0.0560 e. The molecule has 84 valence electrons. The molecule has 3 nitrogen and oxygen atoms in total. The topological polar surface area (TPSA) is 42.2 Å². The highest BCUT2D eigenvalue weighted by molar-refractivity contribution is 5.47. The molecule has 0 aliphatic heterocycles. The molecule has 15 heavy (non-hydrogen) atoms. The molecule has 0 spiro atoms. The van der Waals surface area contributed by atoms with Crippen LogP contribution in [0.1, 0.15) is 32.9 Å². The number of anilines is 1. The van der Waals surface area contributed by atoms with Gasteiger partial charge in [0, 0.05) is 31.0 Å². The first-order valence-corrected chi connectivity index (χ1v) is 5.64. The zero-order valence-corrected chi connectivity index (χ0v) is 9.90. The van der Waals surface area contributed by atoms with E-state index in [0.717, 1.165) is 18.7 Å². The van der Waals surface area contributed by atoms with Crippen molar-refractivity contribution in [3.63, 3.8) is 0 Å². The van der Waals surface area contributed by atoms with Gasteiger partial charge >= 0.3 is 0 Å². The lowest BCUT2D eigenvalue weighted by Crippen LogP contribution is -2.32.